The van der Waals surface area contributed by atoms with Crippen molar-refractivity contribution in [2.45, 2.75) is 6.10 Å². The number of halogens is 2. The summed E-state index contributed by atoms with van der Waals surface area (Å²) in [7, 11) is 0. The maximum Gasteiger partial charge on any atom is 0.141 e. The van der Waals surface area contributed by atoms with Crippen LogP contribution in [0.4, 0.5) is 10.1 Å². The highest BCUT2D eigenvalue weighted by molar-refractivity contribution is 6.31. The highest BCUT2D eigenvalue weighted by atomic mass is 35.5. The molecule has 3 nitrogen and oxygen atoms in total. The molecule has 1 unspecified atom stereocenters. The van der Waals surface area contributed by atoms with Gasteiger partial charge in [-0.3, -0.25) is 0 Å². The Balaban J connectivity index is 2.18. The van der Waals surface area contributed by atoms with E-state index in [9.17, 15) is 9.50 Å². The van der Waals surface area contributed by atoms with Gasteiger partial charge in [0, 0.05) is 31.9 Å². The number of hydrogen-bond acceptors (Lipinski definition) is 3. The van der Waals surface area contributed by atoms with Gasteiger partial charge in [0.25, 0.3) is 0 Å². The standard InChI is InChI=1S/C11H14ClFN2O/c12-10-5-8(1-2-11(10)13)15-4-3-14-6-9(16)7-15/h1-2,5,9,14,16H,3-4,6-7H2. The molecular formula is C11H14ClFN2O. The highest BCUT2D eigenvalue weighted by Gasteiger charge is 2.16. The van der Waals surface area contributed by atoms with Crippen molar-refractivity contribution < 1.29 is 9.50 Å². The summed E-state index contributed by atoms with van der Waals surface area (Å²) in [4.78, 5) is 2.00. The lowest BCUT2D eigenvalue weighted by atomic mass is 10.2. The van der Waals surface area contributed by atoms with Crippen molar-refractivity contribution in [1.29, 1.82) is 0 Å². The van der Waals surface area contributed by atoms with Gasteiger partial charge in [0.05, 0.1) is 11.1 Å². The molecule has 0 amide bonds. The van der Waals surface area contributed by atoms with Crippen LogP contribution in [0.5, 0.6) is 0 Å². The van der Waals surface area contributed by atoms with E-state index in [2.05, 4.69) is 5.32 Å². The fourth-order valence-corrected chi connectivity index (χ4v) is 1.98. The molecule has 1 fully saturated rings. The minimum Gasteiger partial charge on any atom is -0.390 e. The van der Waals surface area contributed by atoms with Crippen LogP contribution >= 0.6 is 11.6 Å². The Labute approximate surface area is 98.8 Å². The molecule has 1 atom stereocenters. The number of benzene rings is 1. The van der Waals surface area contributed by atoms with Gasteiger partial charge < -0.3 is 15.3 Å². The van der Waals surface area contributed by atoms with E-state index in [0.29, 0.717) is 13.1 Å². The highest BCUT2D eigenvalue weighted by Crippen LogP contribution is 2.22. The lowest BCUT2D eigenvalue weighted by Crippen LogP contribution is -2.32. The van der Waals surface area contributed by atoms with E-state index in [-0.39, 0.29) is 5.02 Å². The zero-order chi connectivity index (χ0) is 11.5. The first-order valence-corrected chi connectivity index (χ1v) is 5.63. The smallest absolute Gasteiger partial charge is 0.141 e. The monoisotopic (exact) mass is 244 g/mol. The third kappa shape index (κ3) is 2.64. The largest absolute Gasteiger partial charge is 0.390 e. The normalized spacial score (nSPS) is 21.9. The van der Waals surface area contributed by atoms with Crippen LogP contribution in [0.2, 0.25) is 5.02 Å². The Kier molecular flexibility index (Phi) is 3.63. The lowest BCUT2D eigenvalue weighted by molar-refractivity contribution is 0.185. The quantitative estimate of drug-likeness (QED) is 0.781. The minimum atomic E-state index is -0.418. The third-order valence-corrected chi connectivity index (χ3v) is 2.93. The fraction of sp³-hybridized carbons (Fsp3) is 0.455. The first kappa shape index (κ1) is 11.6. The van der Waals surface area contributed by atoms with E-state index in [1.54, 1.807) is 12.1 Å². The molecular weight excluding hydrogens is 231 g/mol. The predicted octanol–water partition coefficient (Wildman–Crippen LogP) is 1.25. The number of β-amino-alcohol motifs (C(OH)–C–C–N with tert-alkyl or cyclic N) is 1. The Hall–Kier alpha value is -0.840. The lowest BCUT2D eigenvalue weighted by Gasteiger charge is -2.24. The van der Waals surface area contributed by atoms with Crippen molar-refractivity contribution in [1.82, 2.24) is 5.32 Å². The Morgan fingerprint density at radius 3 is 3.06 bits per heavy atom. The fourth-order valence-electron chi connectivity index (χ4n) is 1.81. The van der Waals surface area contributed by atoms with Crippen LogP contribution in [-0.4, -0.2) is 37.4 Å². The summed E-state index contributed by atoms with van der Waals surface area (Å²) >= 11 is 5.73. The molecule has 88 valence electrons. The third-order valence-electron chi connectivity index (χ3n) is 2.64. The Morgan fingerprint density at radius 1 is 1.50 bits per heavy atom. The maximum absolute atomic E-state index is 13.0. The topological polar surface area (TPSA) is 35.5 Å². The summed E-state index contributed by atoms with van der Waals surface area (Å²) in [5.74, 6) is -0.418. The molecule has 1 aromatic rings. The predicted molar refractivity (Wildman–Crippen MR) is 62.5 cm³/mol. The molecule has 0 radical (unpaired) electrons. The molecule has 0 saturated carbocycles. The van der Waals surface area contributed by atoms with Gasteiger partial charge in [0.15, 0.2) is 0 Å². The van der Waals surface area contributed by atoms with E-state index in [1.807, 2.05) is 4.90 Å². The van der Waals surface area contributed by atoms with Crippen molar-refractivity contribution in [3.8, 4) is 0 Å². The average Bonchev–Trinajstić information content (AvgIpc) is 2.47. The molecule has 2 rings (SSSR count). The number of hydrogen-bond donors (Lipinski definition) is 2. The van der Waals surface area contributed by atoms with Crippen LogP contribution in [0, 0.1) is 5.82 Å². The summed E-state index contributed by atoms with van der Waals surface area (Å²) in [6.07, 6.45) is -0.411. The second-order valence-electron chi connectivity index (χ2n) is 3.90. The van der Waals surface area contributed by atoms with Gasteiger partial charge in [-0.2, -0.15) is 0 Å². The molecule has 1 heterocycles. The first-order chi connectivity index (χ1) is 7.66. The van der Waals surface area contributed by atoms with E-state index in [1.165, 1.54) is 6.07 Å². The van der Waals surface area contributed by atoms with Crippen molar-refractivity contribution in [2.24, 2.45) is 0 Å². The summed E-state index contributed by atoms with van der Waals surface area (Å²) in [6.45, 7) is 2.70. The Bertz CT molecular complexity index is 375. The maximum atomic E-state index is 13.0. The molecule has 1 aliphatic rings. The van der Waals surface area contributed by atoms with Gasteiger partial charge >= 0.3 is 0 Å². The molecule has 1 saturated heterocycles. The van der Waals surface area contributed by atoms with Gasteiger partial charge in [0.1, 0.15) is 5.82 Å². The second kappa shape index (κ2) is 4.99. The van der Waals surface area contributed by atoms with Gasteiger partial charge in [-0.1, -0.05) is 11.6 Å². The summed E-state index contributed by atoms with van der Waals surface area (Å²) < 4.78 is 13.0. The van der Waals surface area contributed by atoms with Crippen LogP contribution < -0.4 is 10.2 Å². The summed E-state index contributed by atoms with van der Waals surface area (Å²) in [5.41, 5.74) is 0.842. The molecule has 1 aromatic carbocycles. The summed E-state index contributed by atoms with van der Waals surface area (Å²) in [6, 6.07) is 4.62. The average molecular weight is 245 g/mol. The van der Waals surface area contributed by atoms with Crippen molar-refractivity contribution in [2.75, 3.05) is 31.1 Å². The molecule has 16 heavy (non-hydrogen) atoms. The summed E-state index contributed by atoms with van der Waals surface area (Å²) in [5, 5.41) is 12.9. The molecule has 5 heteroatoms. The molecule has 0 aliphatic carbocycles. The first-order valence-electron chi connectivity index (χ1n) is 5.25. The molecule has 1 aliphatic heterocycles. The molecule has 0 aromatic heterocycles. The van der Waals surface area contributed by atoms with Crippen LogP contribution in [0.3, 0.4) is 0 Å². The van der Waals surface area contributed by atoms with Crippen molar-refractivity contribution >= 4 is 17.3 Å². The van der Waals surface area contributed by atoms with Crippen molar-refractivity contribution in [3.63, 3.8) is 0 Å². The van der Waals surface area contributed by atoms with Gasteiger partial charge in [-0.15, -0.1) is 0 Å². The number of rotatable bonds is 1. The van der Waals surface area contributed by atoms with E-state index in [4.69, 9.17) is 11.6 Å². The zero-order valence-electron chi connectivity index (χ0n) is 8.79. The van der Waals surface area contributed by atoms with Crippen LogP contribution in [0.25, 0.3) is 0 Å². The molecule has 0 bridgehead atoms. The van der Waals surface area contributed by atoms with Crippen LogP contribution in [-0.2, 0) is 0 Å². The second-order valence-corrected chi connectivity index (χ2v) is 4.31. The van der Waals surface area contributed by atoms with E-state index < -0.39 is 11.9 Å². The zero-order valence-corrected chi connectivity index (χ0v) is 9.54. The number of nitrogens with one attached hydrogen (secondary N) is 1. The van der Waals surface area contributed by atoms with Gasteiger partial charge in [-0.05, 0) is 18.2 Å². The number of nitrogens with zero attached hydrogens (tertiary/aromatic N) is 1. The van der Waals surface area contributed by atoms with Crippen LogP contribution in [0.15, 0.2) is 18.2 Å². The molecule has 0 spiro atoms. The number of aliphatic hydroxyl groups excluding tert-OH is 1. The Morgan fingerprint density at radius 2 is 2.31 bits per heavy atom. The number of anilines is 1. The van der Waals surface area contributed by atoms with E-state index in [0.717, 1.165) is 18.8 Å². The van der Waals surface area contributed by atoms with Crippen molar-refractivity contribution in [3.05, 3.63) is 29.0 Å². The minimum absolute atomic E-state index is 0.115. The van der Waals surface area contributed by atoms with Gasteiger partial charge in [-0.25, -0.2) is 4.39 Å². The van der Waals surface area contributed by atoms with Gasteiger partial charge in [0.2, 0.25) is 0 Å². The van der Waals surface area contributed by atoms with E-state index >= 15 is 0 Å². The number of aliphatic hydroxyl groups is 1. The SMILES string of the molecule is OC1CNCCN(c2ccc(F)c(Cl)c2)C1. The molecule has 2 N–H and O–H groups in total. The van der Waals surface area contributed by atoms with Crippen LogP contribution in [0.1, 0.15) is 0 Å².